The summed E-state index contributed by atoms with van der Waals surface area (Å²) in [5.74, 6) is -0.674. The number of nitrogens with two attached hydrogens (primary N) is 1. The normalized spacial score (nSPS) is 10.3. The van der Waals surface area contributed by atoms with Crippen LogP contribution in [0.1, 0.15) is 12.0 Å². The zero-order valence-corrected chi connectivity index (χ0v) is 11.5. The van der Waals surface area contributed by atoms with Crippen molar-refractivity contribution in [3.05, 3.63) is 42.2 Å². The third kappa shape index (κ3) is 4.45. The Balaban J connectivity index is 1.80. The van der Waals surface area contributed by atoms with Gasteiger partial charge in [-0.1, -0.05) is 24.3 Å². The van der Waals surface area contributed by atoms with Crippen molar-refractivity contribution in [3.63, 3.8) is 0 Å². The van der Waals surface area contributed by atoms with E-state index in [0.717, 1.165) is 23.8 Å². The van der Waals surface area contributed by atoms with E-state index in [-0.39, 0.29) is 0 Å². The average molecular weight is 287 g/mol. The number of ether oxygens (including phenoxy) is 1. The Morgan fingerprint density at radius 2 is 2.05 bits per heavy atom. The summed E-state index contributed by atoms with van der Waals surface area (Å²) in [6.45, 7) is 0.0554. The lowest BCUT2D eigenvalue weighted by Gasteiger charge is -2.07. The van der Waals surface area contributed by atoms with Crippen molar-refractivity contribution < 1.29 is 14.3 Å². The number of nitrogens with zero attached hydrogens (tertiary/aromatic N) is 1. The maximum atomic E-state index is 11.2. The average Bonchev–Trinajstić information content (AvgIpc) is 2.49. The standard InChI is InChI=1S/C15H17N3O3/c16-14(19)10-21-15(20)18-7-3-5-12-9-17-8-11-4-1-2-6-13(11)12/h1-2,4,6,8-9H,3,5,7,10H2,(H2,16,19)(H,18,20). The molecule has 0 saturated heterocycles. The number of carbonyl (C=O) groups is 2. The van der Waals surface area contributed by atoms with Gasteiger partial charge in [0, 0.05) is 24.3 Å². The summed E-state index contributed by atoms with van der Waals surface area (Å²) in [6.07, 6.45) is 4.59. The van der Waals surface area contributed by atoms with Crippen molar-refractivity contribution in [3.8, 4) is 0 Å². The van der Waals surface area contributed by atoms with Crippen LogP contribution in [0.2, 0.25) is 0 Å². The molecule has 1 heterocycles. The van der Waals surface area contributed by atoms with Crippen molar-refractivity contribution >= 4 is 22.8 Å². The molecule has 0 atom stereocenters. The highest BCUT2D eigenvalue weighted by atomic mass is 16.6. The van der Waals surface area contributed by atoms with E-state index in [1.54, 1.807) is 0 Å². The molecule has 0 spiro atoms. The van der Waals surface area contributed by atoms with E-state index >= 15 is 0 Å². The minimum absolute atomic E-state index is 0.404. The molecule has 0 saturated carbocycles. The van der Waals surface area contributed by atoms with Gasteiger partial charge in [-0.3, -0.25) is 9.78 Å². The summed E-state index contributed by atoms with van der Waals surface area (Å²) in [5, 5.41) is 4.84. The van der Waals surface area contributed by atoms with Crippen LogP contribution in [0.5, 0.6) is 0 Å². The Morgan fingerprint density at radius 1 is 1.24 bits per heavy atom. The molecule has 0 unspecified atom stereocenters. The highest BCUT2D eigenvalue weighted by Gasteiger charge is 2.04. The van der Waals surface area contributed by atoms with Gasteiger partial charge in [-0.2, -0.15) is 0 Å². The fraction of sp³-hybridized carbons (Fsp3) is 0.267. The second-order valence-corrected chi connectivity index (χ2v) is 4.59. The fourth-order valence-electron chi connectivity index (χ4n) is 2.04. The van der Waals surface area contributed by atoms with Crippen molar-refractivity contribution in [1.82, 2.24) is 10.3 Å². The van der Waals surface area contributed by atoms with Crippen molar-refractivity contribution in [2.75, 3.05) is 13.2 Å². The number of hydrogen-bond acceptors (Lipinski definition) is 4. The molecule has 2 amide bonds. The third-order valence-corrected chi connectivity index (χ3v) is 2.99. The smallest absolute Gasteiger partial charge is 0.407 e. The molecule has 0 radical (unpaired) electrons. The first kappa shape index (κ1) is 14.8. The van der Waals surface area contributed by atoms with Crippen molar-refractivity contribution in [2.45, 2.75) is 12.8 Å². The number of alkyl carbamates (subject to hydrolysis) is 1. The van der Waals surface area contributed by atoms with Gasteiger partial charge in [0.1, 0.15) is 0 Å². The highest BCUT2D eigenvalue weighted by molar-refractivity contribution is 5.84. The number of carbonyl (C=O) groups excluding carboxylic acids is 2. The van der Waals surface area contributed by atoms with Gasteiger partial charge in [-0.05, 0) is 23.8 Å². The first-order valence-corrected chi connectivity index (χ1v) is 6.67. The molecule has 0 aliphatic carbocycles. The Kier molecular flexibility index (Phi) is 5.09. The van der Waals surface area contributed by atoms with Crippen LogP contribution in [0, 0.1) is 0 Å². The SMILES string of the molecule is NC(=O)COC(=O)NCCCc1cncc2ccccc12. The molecule has 0 bridgehead atoms. The molecular weight excluding hydrogens is 270 g/mol. The van der Waals surface area contributed by atoms with Crippen LogP contribution in [-0.4, -0.2) is 30.1 Å². The molecule has 21 heavy (non-hydrogen) atoms. The van der Waals surface area contributed by atoms with Crippen LogP contribution in [0.25, 0.3) is 10.8 Å². The van der Waals surface area contributed by atoms with Gasteiger partial charge in [-0.25, -0.2) is 4.79 Å². The molecule has 2 rings (SSSR count). The van der Waals surface area contributed by atoms with Gasteiger partial charge in [0.15, 0.2) is 6.61 Å². The zero-order chi connectivity index (χ0) is 15.1. The second kappa shape index (κ2) is 7.23. The number of fused-ring (bicyclic) bond motifs is 1. The zero-order valence-electron chi connectivity index (χ0n) is 11.5. The van der Waals surface area contributed by atoms with Gasteiger partial charge in [0.05, 0.1) is 0 Å². The molecule has 3 N–H and O–H groups in total. The number of primary amides is 1. The molecule has 1 aromatic heterocycles. The fourth-order valence-corrected chi connectivity index (χ4v) is 2.04. The summed E-state index contributed by atoms with van der Waals surface area (Å²) in [6, 6.07) is 8.04. The lowest BCUT2D eigenvalue weighted by Crippen LogP contribution is -2.29. The van der Waals surface area contributed by atoms with Crippen LogP contribution in [0.15, 0.2) is 36.7 Å². The number of hydrogen-bond donors (Lipinski definition) is 2. The maximum Gasteiger partial charge on any atom is 0.407 e. The number of benzene rings is 1. The second-order valence-electron chi connectivity index (χ2n) is 4.59. The van der Waals surface area contributed by atoms with Crippen LogP contribution in [-0.2, 0) is 16.0 Å². The Bertz CT molecular complexity index is 638. The van der Waals surface area contributed by atoms with Gasteiger partial charge in [0.25, 0.3) is 5.91 Å². The van der Waals surface area contributed by atoms with E-state index < -0.39 is 18.6 Å². The summed E-state index contributed by atoms with van der Waals surface area (Å²) in [5.41, 5.74) is 6.01. The van der Waals surface area contributed by atoms with Gasteiger partial charge < -0.3 is 15.8 Å². The lowest BCUT2D eigenvalue weighted by atomic mass is 10.0. The summed E-state index contributed by atoms with van der Waals surface area (Å²) < 4.78 is 4.59. The van der Waals surface area contributed by atoms with Gasteiger partial charge in [0.2, 0.25) is 0 Å². The van der Waals surface area contributed by atoms with E-state index in [1.165, 1.54) is 5.39 Å². The topological polar surface area (TPSA) is 94.3 Å². The Hall–Kier alpha value is -2.63. The number of aromatic nitrogens is 1. The molecule has 0 aliphatic rings. The van der Waals surface area contributed by atoms with Crippen LogP contribution >= 0.6 is 0 Å². The minimum atomic E-state index is -0.674. The summed E-state index contributed by atoms with van der Waals surface area (Å²) in [4.78, 5) is 25.9. The molecule has 1 aromatic carbocycles. The van der Waals surface area contributed by atoms with E-state index in [0.29, 0.717) is 6.54 Å². The minimum Gasteiger partial charge on any atom is -0.439 e. The predicted molar refractivity (Wildman–Crippen MR) is 78.6 cm³/mol. The van der Waals surface area contributed by atoms with E-state index in [1.807, 2.05) is 30.6 Å². The van der Waals surface area contributed by atoms with E-state index in [4.69, 9.17) is 5.73 Å². The van der Waals surface area contributed by atoms with Crippen LogP contribution in [0.3, 0.4) is 0 Å². The molecule has 6 heteroatoms. The third-order valence-electron chi connectivity index (χ3n) is 2.99. The first-order valence-electron chi connectivity index (χ1n) is 6.67. The van der Waals surface area contributed by atoms with E-state index in [9.17, 15) is 9.59 Å². The van der Waals surface area contributed by atoms with E-state index in [2.05, 4.69) is 21.1 Å². The Labute approximate surface area is 122 Å². The summed E-state index contributed by atoms with van der Waals surface area (Å²) >= 11 is 0. The van der Waals surface area contributed by atoms with Gasteiger partial charge in [-0.15, -0.1) is 0 Å². The van der Waals surface area contributed by atoms with Crippen molar-refractivity contribution in [1.29, 1.82) is 0 Å². The van der Waals surface area contributed by atoms with Gasteiger partial charge >= 0.3 is 6.09 Å². The molecular formula is C15H17N3O3. The monoisotopic (exact) mass is 287 g/mol. The molecule has 110 valence electrons. The van der Waals surface area contributed by atoms with Crippen LogP contribution in [0.4, 0.5) is 4.79 Å². The predicted octanol–water partition coefficient (Wildman–Crippen LogP) is 1.38. The number of pyridine rings is 1. The summed E-state index contributed by atoms with van der Waals surface area (Å²) in [7, 11) is 0. The van der Waals surface area contributed by atoms with Crippen molar-refractivity contribution in [2.24, 2.45) is 5.73 Å². The number of nitrogens with one attached hydrogen (secondary N) is 1. The molecule has 2 aromatic rings. The first-order chi connectivity index (χ1) is 10.2. The highest BCUT2D eigenvalue weighted by Crippen LogP contribution is 2.17. The van der Waals surface area contributed by atoms with Crippen LogP contribution < -0.4 is 11.1 Å². The molecule has 0 fully saturated rings. The quantitative estimate of drug-likeness (QED) is 0.785. The molecule has 0 aliphatic heterocycles. The number of aryl methyl sites for hydroxylation is 1. The lowest BCUT2D eigenvalue weighted by molar-refractivity contribution is -0.120. The number of amides is 2. The largest absolute Gasteiger partial charge is 0.439 e. The maximum absolute atomic E-state index is 11.2. The molecule has 6 nitrogen and oxygen atoms in total. The Morgan fingerprint density at radius 3 is 2.86 bits per heavy atom. The number of rotatable bonds is 6.